The lowest BCUT2D eigenvalue weighted by molar-refractivity contribution is 0.0518. The fourth-order valence-electron chi connectivity index (χ4n) is 3.36. The Labute approximate surface area is 151 Å². The molecule has 1 aromatic carbocycles. The summed E-state index contributed by atoms with van der Waals surface area (Å²) in [6.45, 7) is 3.87. The zero-order valence-electron chi connectivity index (χ0n) is 14.7. The maximum Gasteiger partial charge on any atom is 0.358 e. The van der Waals surface area contributed by atoms with Gasteiger partial charge in [-0.2, -0.15) is 0 Å². The summed E-state index contributed by atoms with van der Waals surface area (Å²) in [4.78, 5) is 22.0. The van der Waals surface area contributed by atoms with Crippen molar-refractivity contribution >= 4 is 22.8 Å². The monoisotopic (exact) mass is 351 g/mol. The summed E-state index contributed by atoms with van der Waals surface area (Å²) in [5.41, 5.74) is 2.35. The molecule has 0 amide bonds. The number of ether oxygens (including phenoxy) is 1. The van der Waals surface area contributed by atoms with Gasteiger partial charge in [0, 0.05) is 19.0 Å². The maximum atomic E-state index is 11.7. The highest BCUT2D eigenvalue weighted by Gasteiger charge is 2.24. The summed E-state index contributed by atoms with van der Waals surface area (Å²) in [6.07, 6.45) is 2.00. The number of imidazole rings is 1. The van der Waals surface area contributed by atoms with Gasteiger partial charge in [0.1, 0.15) is 5.82 Å². The predicted molar refractivity (Wildman–Crippen MR) is 98.3 cm³/mol. The van der Waals surface area contributed by atoms with Crippen molar-refractivity contribution in [3.8, 4) is 0 Å². The third-order valence-electron chi connectivity index (χ3n) is 4.75. The molecule has 0 radical (unpaired) electrons. The fraction of sp³-hybridized carbons (Fsp3) is 0.368. The number of piperidine rings is 1. The van der Waals surface area contributed by atoms with Gasteiger partial charge in [0.2, 0.25) is 0 Å². The lowest BCUT2D eigenvalue weighted by Gasteiger charge is -2.31. The van der Waals surface area contributed by atoms with Crippen molar-refractivity contribution in [3.63, 3.8) is 0 Å². The van der Waals surface area contributed by atoms with Crippen LogP contribution in [0.25, 0.3) is 11.0 Å². The van der Waals surface area contributed by atoms with Gasteiger partial charge in [-0.1, -0.05) is 12.1 Å². The van der Waals surface area contributed by atoms with Crippen molar-refractivity contribution in [2.45, 2.75) is 25.7 Å². The Bertz CT molecular complexity index is 865. The summed E-state index contributed by atoms with van der Waals surface area (Å²) in [7, 11) is 0. The third kappa shape index (κ3) is 3.24. The van der Waals surface area contributed by atoms with Crippen LogP contribution in [0.4, 0.5) is 5.82 Å². The Morgan fingerprint density at radius 2 is 2.00 bits per heavy atom. The molecule has 0 spiro atoms. The number of hydrogen-bond donors (Lipinski definition) is 1. The van der Waals surface area contributed by atoms with Crippen molar-refractivity contribution in [2.75, 3.05) is 24.6 Å². The Balaban J connectivity index is 1.40. The van der Waals surface area contributed by atoms with Gasteiger partial charge < -0.3 is 14.6 Å². The summed E-state index contributed by atoms with van der Waals surface area (Å²) in [5, 5.41) is 8.18. The van der Waals surface area contributed by atoms with E-state index in [-0.39, 0.29) is 5.69 Å². The Hall–Kier alpha value is -2.96. The molecule has 3 aromatic rings. The molecule has 7 nitrogen and oxygen atoms in total. The van der Waals surface area contributed by atoms with E-state index in [1.165, 1.54) is 0 Å². The highest BCUT2D eigenvalue weighted by atomic mass is 16.5. The van der Waals surface area contributed by atoms with Crippen molar-refractivity contribution in [2.24, 2.45) is 0 Å². The van der Waals surface area contributed by atoms with Crippen molar-refractivity contribution < 1.29 is 9.53 Å². The highest BCUT2D eigenvalue weighted by molar-refractivity contribution is 5.87. The van der Waals surface area contributed by atoms with Gasteiger partial charge in [-0.05, 0) is 44.0 Å². The molecular weight excluding hydrogens is 330 g/mol. The number of esters is 1. The van der Waals surface area contributed by atoms with E-state index in [1.807, 2.05) is 24.3 Å². The number of rotatable bonds is 4. The molecule has 1 fully saturated rings. The van der Waals surface area contributed by atoms with Crippen LogP contribution in [0.15, 0.2) is 36.4 Å². The highest BCUT2D eigenvalue weighted by Crippen LogP contribution is 2.29. The van der Waals surface area contributed by atoms with Crippen molar-refractivity contribution in [1.29, 1.82) is 0 Å². The summed E-state index contributed by atoms with van der Waals surface area (Å²) < 4.78 is 4.94. The first-order valence-corrected chi connectivity index (χ1v) is 8.95. The summed E-state index contributed by atoms with van der Waals surface area (Å²) in [6, 6.07) is 11.6. The standard InChI is InChI=1S/C19H21N5O2/c1-2-26-19(25)16-7-8-17(23-22-16)24-11-9-13(10-12-24)18-20-14-5-3-4-6-15(14)21-18/h3-8,13H,2,9-12H2,1H3,(H,20,21). The quantitative estimate of drug-likeness (QED) is 0.728. The number of hydrogen-bond acceptors (Lipinski definition) is 6. The van der Waals surface area contributed by atoms with Crippen LogP contribution >= 0.6 is 0 Å². The molecule has 134 valence electrons. The largest absolute Gasteiger partial charge is 0.461 e. The van der Waals surface area contributed by atoms with Crippen LogP contribution in [0.2, 0.25) is 0 Å². The topological polar surface area (TPSA) is 84.0 Å². The number of para-hydroxylation sites is 2. The van der Waals surface area contributed by atoms with Crippen molar-refractivity contribution in [1.82, 2.24) is 20.2 Å². The molecule has 3 heterocycles. The number of carbonyl (C=O) groups excluding carboxylic acids is 1. The minimum atomic E-state index is -0.435. The average molecular weight is 351 g/mol. The number of fused-ring (bicyclic) bond motifs is 1. The zero-order chi connectivity index (χ0) is 17.9. The lowest BCUT2D eigenvalue weighted by atomic mass is 9.96. The minimum Gasteiger partial charge on any atom is -0.461 e. The summed E-state index contributed by atoms with van der Waals surface area (Å²) >= 11 is 0. The van der Waals surface area contributed by atoms with E-state index < -0.39 is 5.97 Å². The minimum absolute atomic E-state index is 0.243. The molecule has 1 aliphatic heterocycles. The van der Waals surface area contributed by atoms with E-state index in [9.17, 15) is 4.79 Å². The fourth-order valence-corrected chi connectivity index (χ4v) is 3.36. The molecule has 7 heteroatoms. The molecule has 26 heavy (non-hydrogen) atoms. The smallest absolute Gasteiger partial charge is 0.358 e. The van der Waals surface area contributed by atoms with Crippen LogP contribution in [-0.4, -0.2) is 45.8 Å². The van der Waals surface area contributed by atoms with E-state index in [0.717, 1.165) is 48.6 Å². The van der Waals surface area contributed by atoms with Gasteiger partial charge >= 0.3 is 5.97 Å². The van der Waals surface area contributed by atoms with E-state index in [1.54, 1.807) is 13.0 Å². The first-order valence-electron chi connectivity index (χ1n) is 8.95. The van der Waals surface area contributed by atoms with E-state index in [0.29, 0.717) is 12.5 Å². The molecule has 0 atom stereocenters. The van der Waals surface area contributed by atoms with E-state index in [2.05, 4.69) is 26.1 Å². The maximum absolute atomic E-state index is 11.7. The van der Waals surface area contributed by atoms with Gasteiger partial charge in [-0.25, -0.2) is 9.78 Å². The molecule has 1 aliphatic rings. The number of benzene rings is 1. The lowest BCUT2D eigenvalue weighted by Crippen LogP contribution is -2.34. The molecule has 2 aromatic heterocycles. The van der Waals surface area contributed by atoms with Gasteiger partial charge in [0.05, 0.1) is 17.6 Å². The third-order valence-corrected chi connectivity index (χ3v) is 4.75. The Kier molecular flexibility index (Phi) is 4.51. The normalized spacial score (nSPS) is 15.3. The first kappa shape index (κ1) is 16.5. The van der Waals surface area contributed by atoms with Crippen LogP contribution in [0.3, 0.4) is 0 Å². The van der Waals surface area contributed by atoms with Crippen LogP contribution in [0, 0.1) is 0 Å². The molecule has 0 aliphatic carbocycles. The second-order valence-corrected chi connectivity index (χ2v) is 6.40. The van der Waals surface area contributed by atoms with Crippen LogP contribution in [0.5, 0.6) is 0 Å². The van der Waals surface area contributed by atoms with Gasteiger partial charge in [0.15, 0.2) is 11.5 Å². The number of aromatic amines is 1. The van der Waals surface area contributed by atoms with Gasteiger partial charge in [0.25, 0.3) is 0 Å². The number of anilines is 1. The number of nitrogens with zero attached hydrogens (tertiary/aromatic N) is 4. The van der Waals surface area contributed by atoms with E-state index in [4.69, 9.17) is 9.72 Å². The number of nitrogens with one attached hydrogen (secondary N) is 1. The molecule has 1 saturated heterocycles. The molecule has 4 rings (SSSR count). The Morgan fingerprint density at radius 1 is 1.19 bits per heavy atom. The van der Waals surface area contributed by atoms with Gasteiger partial charge in [-0.15, -0.1) is 10.2 Å². The number of H-pyrrole nitrogens is 1. The molecule has 0 bridgehead atoms. The molecule has 1 N–H and O–H groups in total. The SMILES string of the molecule is CCOC(=O)c1ccc(N2CCC(c3nc4ccccc4[nH]3)CC2)nn1. The van der Waals surface area contributed by atoms with Crippen LogP contribution < -0.4 is 4.90 Å². The Morgan fingerprint density at radius 3 is 2.69 bits per heavy atom. The zero-order valence-corrected chi connectivity index (χ0v) is 14.7. The number of carbonyl (C=O) groups is 1. The predicted octanol–water partition coefficient (Wildman–Crippen LogP) is 2.91. The van der Waals surface area contributed by atoms with Gasteiger partial charge in [-0.3, -0.25) is 0 Å². The van der Waals surface area contributed by atoms with Crippen LogP contribution in [0.1, 0.15) is 42.0 Å². The van der Waals surface area contributed by atoms with Crippen LogP contribution in [-0.2, 0) is 4.74 Å². The second kappa shape index (κ2) is 7.11. The van der Waals surface area contributed by atoms with Crippen molar-refractivity contribution in [3.05, 3.63) is 47.9 Å². The second-order valence-electron chi connectivity index (χ2n) is 6.40. The molecular formula is C19H21N5O2. The average Bonchev–Trinajstić information content (AvgIpc) is 3.13. The first-order chi connectivity index (χ1) is 12.7. The van der Waals surface area contributed by atoms with E-state index >= 15 is 0 Å². The molecule has 0 unspecified atom stereocenters. The summed E-state index contributed by atoms with van der Waals surface area (Å²) in [5.74, 6) is 1.84. The molecule has 0 saturated carbocycles. The number of aromatic nitrogens is 4.